The third-order valence-electron chi connectivity index (χ3n) is 4.26. The highest BCUT2D eigenvalue weighted by molar-refractivity contribution is 9.10. The van der Waals surface area contributed by atoms with E-state index in [1.807, 2.05) is 0 Å². The van der Waals surface area contributed by atoms with Gasteiger partial charge in [0, 0.05) is 31.0 Å². The molecule has 1 fully saturated rings. The number of halogens is 1. The van der Waals surface area contributed by atoms with E-state index >= 15 is 0 Å². The van der Waals surface area contributed by atoms with E-state index in [4.69, 9.17) is 9.47 Å². The van der Waals surface area contributed by atoms with Crippen LogP contribution >= 0.6 is 15.9 Å². The summed E-state index contributed by atoms with van der Waals surface area (Å²) < 4.78 is 39.6. The molecule has 0 spiro atoms. The fraction of sp³-hybridized carbons (Fsp3) is 0.412. The quantitative estimate of drug-likeness (QED) is 0.583. The minimum atomic E-state index is -3.71. The van der Waals surface area contributed by atoms with Crippen LogP contribution in [-0.2, 0) is 14.8 Å². The number of aromatic nitrogens is 2. The second-order valence-electron chi connectivity index (χ2n) is 6.47. The Balaban J connectivity index is 1.64. The lowest BCUT2D eigenvalue weighted by Gasteiger charge is -2.14. The number of nitrogens with zero attached hydrogens (tertiary/aromatic N) is 2. The third kappa shape index (κ3) is 4.72. The smallest absolute Gasteiger partial charge is 0.244 e. The van der Waals surface area contributed by atoms with Gasteiger partial charge in [-0.3, -0.25) is 0 Å². The minimum Gasteiger partial charge on any atom is -0.492 e. The van der Waals surface area contributed by atoms with Crippen molar-refractivity contribution in [2.75, 3.05) is 36.9 Å². The van der Waals surface area contributed by atoms with Gasteiger partial charge in [0.1, 0.15) is 16.5 Å². The van der Waals surface area contributed by atoms with Gasteiger partial charge in [0.05, 0.1) is 23.8 Å². The van der Waals surface area contributed by atoms with E-state index in [-0.39, 0.29) is 17.5 Å². The van der Waals surface area contributed by atoms with Crippen LogP contribution in [0.15, 0.2) is 33.8 Å². The predicted molar refractivity (Wildman–Crippen MR) is 108 cm³/mol. The molecule has 0 saturated carbocycles. The zero-order valence-electron chi connectivity index (χ0n) is 14.9. The molecular weight excluding hydrogens is 450 g/mol. The van der Waals surface area contributed by atoms with Crippen molar-refractivity contribution in [1.82, 2.24) is 14.7 Å². The van der Waals surface area contributed by atoms with Gasteiger partial charge in [0.2, 0.25) is 16.0 Å². The lowest BCUT2D eigenvalue weighted by Crippen LogP contribution is -2.28. The summed E-state index contributed by atoms with van der Waals surface area (Å²) in [6.45, 7) is 1.95. The number of epoxide rings is 1. The summed E-state index contributed by atoms with van der Waals surface area (Å²) in [6.07, 6.45) is 3.23. The van der Waals surface area contributed by atoms with Crippen molar-refractivity contribution in [3.63, 3.8) is 0 Å². The highest BCUT2D eigenvalue weighted by Gasteiger charge is 2.27. The number of fused-ring (bicyclic) bond motifs is 4. The largest absolute Gasteiger partial charge is 0.492 e. The Morgan fingerprint density at radius 1 is 1.32 bits per heavy atom. The maximum Gasteiger partial charge on any atom is 0.244 e. The highest BCUT2D eigenvalue weighted by Crippen LogP contribution is 2.30. The van der Waals surface area contributed by atoms with E-state index in [2.05, 4.69) is 41.3 Å². The summed E-state index contributed by atoms with van der Waals surface area (Å²) in [7, 11) is -3.71. The van der Waals surface area contributed by atoms with Gasteiger partial charge in [-0.25, -0.2) is 18.1 Å². The van der Waals surface area contributed by atoms with Crippen molar-refractivity contribution in [3.05, 3.63) is 28.9 Å². The van der Waals surface area contributed by atoms with Crippen molar-refractivity contribution < 1.29 is 17.9 Å². The Kier molecular flexibility index (Phi) is 5.67. The molecule has 3 heterocycles. The maximum absolute atomic E-state index is 12.7. The minimum absolute atomic E-state index is 0.0436. The molecule has 1 aromatic carbocycles. The van der Waals surface area contributed by atoms with Crippen LogP contribution in [0, 0.1) is 0 Å². The molecule has 11 heteroatoms. The topological polar surface area (TPSA) is 118 Å². The van der Waals surface area contributed by atoms with E-state index < -0.39 is 10.0 Å². The number of anilines is 3. The molecule has 2 aliphatic rings. The SMILES string of the molecule is O=S(=O)(NCC1CO1)c1ccc2cc1OCCCCNc1nc(ncc1Br)N2. The van der Waals surface area contributed by atoms with Gasteiger partial charge in [-0.2, -0.15) is 4.98 Å². The van der Waals surface area contributed by atoms with Crippen LogP contribution in [0.3, 0.4) is 0 Å². The van der Waals surface area contributed by atoms with Gasteiger partial charge in [-0.15, -0.1) is 0 Å². The zero-order valence-corrected chi connectivity index (χ0v) is 17.3. The molecule has 150 valence electrons. The molecule has 0 amide bonds. The summed E-state index contributed by atoms with van der Waals surface area (Å²) in [5.74, 6) is 1.39. The molecule has 1 unspecified atom stereocenters. The standard InChI is InChI=1S/C17H20BrN5O4S/c18-13-9-20-17-22-11-3-4-15(28(24,25)21-8-12-10-27-12)14(7-11)26-6-2-1-5-19-16(13)23-17/h3-4,7,9,12,21H,1-2,5-6,8,10H2,(H2,19,20,22,23). The number of hydrogen-bond acceptors (Lipinski definition) is 8. The summed E-state index contributed by atoms with van der Waals surface area (Å²) >= 11 is 3.43. The first-order chi connectivity index (χ1) is 13.5. The molecule has 9 nitrogen and oxygen atoms in total. The number of ether oxygens (including phenoxy) is 2. The molecule has 2 aliphatic heterocycles. The fourth-order valence-corrected chi connectivity index (χ4v) is 4.21. The Bertz CT molecular complexity index is 968. The Morgan fingerprint density at radius 2 is 2.18 bits per heavy atom. The van der Waals surface area contributed by atoms with Crippen LogP contribution in [0.2, 0.25) is 0 Å². The summed E-state index contributed by atoms with van der Waals surface area (Å²) in [5, 5.41) is 6.35. The molecule has 0 aliphatic carbocycles. The molecule has 1 saturated heterocycles. The average Bonchev–Trinajstić information content (AvgIpc) is 3.49. The Hall–Kier alpha value is -1.95. The summed E-state index contributed by atoms with van der Waals surface area (Å²) in [4.78, 5) is 8.80. The lowest BCUT2D eigenvalue weighted by molar-refractivity contribution is 0.300. The number of hydrogen-bond donors (Lipinski definition) is 3. The zero-order chi connectivity index (χ0) is 19.6. The lowest BCUT2D eigenvalue weighted by atomic mass is 10.3. The van der Waals surface area contributed by atoms with Gasteiger partial charge in [0.25, 0.3) is 0 Å². The molecule has 4 bridgehead atoms. The van der Waals surface area contributed by atoms with Gasteiger partial charge in [-0.05, 0) is 40.9 Å². The van der Waals surface area contributed by atoms with Crippen LogP contribution in [0.25, 0.3) is 0 Å². The van der Waals surface area contributed by atoms with Crippen LogP contribution < -0.4 is 20.1 Å². The molecule has 28 heavy (non-hydrogen) atoms. The highest BCUT2D eigenvalue weighted by atomic mass is 79.9. The van der Waals surface area contributed by atoms with E-state index in [1.54, 1.807) is 18.3 Å². The first-order valence-corrected chi connectivity index (χ1v) is 11.2. The normalized spacial score (nSPS) is 19.1. The molecular formula is C17H20BrN5O4S. The van der Waals surface area contributed by atoms with Crippen LogP contribution in [0.5, 0.6) is 5.75 Å². The first-order valence-electron chi connectivity index (χ1n) is 8.93. The van der Waals surface area contributed by atoms with Gasteiger partial charge < -0.3 is 20.1 Å². The van der Waals surface area contributed by atoms with Crippen molar-refractivity contribution in [3.8, 4) is 5.75 Å². The molecule has 1 atom stereocenters. The fourth-order valence-electron chi connectivity index (χ4n) is 2.68. The van der Waals surface area contributed by atoms with Crippen molar-refractivity contribution in [2.24, 2.45) is 0 Å². The van der Waals surface area contributed by atoms with E-state index in [0.717, 1.165) is 17.3 Å². The van der Waals surface area contributed by atoms with Gasteiger partial charge >= 0.3 is 0 Å². The molecule has 3 N–H and O–H groups in total. The van der Waals surface area contributed by atoms with Gasteiger partial charge in [-0.1, -0.05) is 0 Å². The monoisotopic (exact) mass is 469 g/mol. The van der Waals surface area contributed by atoms with Crippen molar-refractivity contribution in [1.29, 1.82) is 0 Å². The summed E-state index contributed by atoms with van der Waals surface area (Å²) in [6, 6.07) is 4.83. The second kappa shape index (κ2) is 8.19. The molecule has 2 aromatic rings. The molecule has 1 aromatic heterocycles. The molecule has 0 radical (unpaired) electrons. The Labute approximate surface area is 171 Å². The summed E-state index contributed by atoms with van der Waals surface area (Å²) in [5.41, 5.74) is 0.631. The van der Waals surface area contributed by atoms with Crippen molar-refractivity contribution in [2.45, 2.75) is 23.8 Å². The predicted octanol–water partition coefficient (Wildman–Crippen LogP) is 2.24. The van der Waals surface area contributed by atoms with E-state index in [1.165, 1.54) is 6.07 Å². The molecule has 4 rings (SSSR count). The average molecular weight is 470 g/mol. The van der Waals surface area contributed by atoms with Gasteiger partial charge in [0.15, 0.2) is 0 Å². The van der Waals surface area contributed by atoms with Crippen LogP contribution in [-0.4, -0.2) is 50.8 Å². The van der Waals surface area contributed by atoms with E-state index in [9.17, 15) is 8.42 Å². The maximum atomic E-state index is 12.7. The number of nitrogens with one attached hydrogen (secondary N) is 3. The number of sulfonamides is 1. The van der Waals surface area contributed by atoms with E-state index in [0.29, 0.717) is 43.0 Å². The Morgan fingerprint density at radius 3 is 3.00 bits per heavy atom. The van der Waals surface area contributed by atoms with Crippen molar-refractivity contribution >= 4 is 43.4 Å². The third-order valence-corrected chi connectivity index (χ3v) is 6.30. The second-order valence-corrected chi connectivity index (χ2v) is 9.06. The van der Waals surface area contributed by atoms with Crippen LogP contribution in [0.4, 0.5) is 17.5 Å². The van der Waals surface area contributed by atoms with Crippen LogP contribution in [0.1, 0.15) is 12.8 Å². The number of rotatable bonds is 4. The number of benzene rings is 1. The first kappa shape index (κ1) is 19.4.